The van der Waals surface area contributed by atoms with Crippen LogP contribution in [0.3, 0.4) is 0 Å². The molecule has 0 atom stereocenters. The van der Waals surface area contributed by atoms with Crippen molar-refractivity contribution in [1.82, 2.24) is 19.4 Å². The summed E-state index contributed by atoms with van der Waals surface area (Å²) < 4.78 is 27.4. The Bertz CT molecular complexity index is 1560. The van der Waals surface area contributed by atoms with Crippen molar-refractivity contribution in [3.63, 3.8) is 0 Å². The van der Waals surface area contributed by atoms with Gasteiger partial charge in [0.05, 0.1) is 29.7 Å². The number of hydrogen-bond donors (Lipinski definition) is 1. The molecule has 4 aromatic rings. The first-order valence-corrected chi connectivity index (χ1v) is 13.8. The quantitative estimate of drug-likeness (QED) is 0.271. The molecule has 0 bridgehead atoms. The third-order valence-electron chi connectivity index (χ3n) is 7.32. The summed E-state index contributed by atoms with van der Waals surface area (Å²) in [6, 6.07) is 15.1. The number of carboxylic acid groups (broad SMARTS) is 1. The third kappa shape index (κ3) is 6.45. The average Bonchev–Trinajstić information content (AvgIpc) is 3.27. The Morgan fingerprint density at radius 3 is 2.68 bits per heavy atom. The molecule has 2 aromatic carbocycles. The smallest absolute Gasteiger partial charge is 0.335 e. The van der Waals surface area contributed by atoms with Crippen LogP contribution in [0, 0.1) is 5.82 Å². The van der Waals surface area contributed by atoms with Gasteiger partial charge in [0.2, 0.25) is 5.88 Å². The number of nitrogens with zero attached hydrogens (tertiary/aromatic N) is 5. The molecule has 3 heterocycles. The summed E-state index contributed by atoms with van der Waals surface area (Å²) in [5.74, 6) is 0.696. The van der Waals surface area contributed by atoms with E-state index in [4.69, 9.17) is 31.0 Å². The highest BCUT2D eigenvalue weighted by molar-refractivity contribution is 6.30. The number of methoxy groups -OCH3 is 1. The highest BCUT2D eigenvalue weighted by atomic mass is 35.5. The monoisotopic (exact) mass is 581 g/mol. The summed E-state index contributed by atoms with van der Waals surface area (Å²) >= 11 is 5.85. The second kappa shape index (κ2) is 12.0. The topological polar surface area (TPSA) is 93.0 Å². The number of rotatable bonds is 10. The summed E-state index contributed by atoms with van der Waals surface area (Å²) in [5.41, 5.74) is 1.93. The van der Waals surface area contributed by atoms with Gasteiger partial charge in [0, 0.05) is 55.5 Å². The Kier molecular flexibility index (Phi) is 8.44. The van der Waals surface area contributed by atoms with Crippen LogP contribution in [-0.4, -0.2) is 69.4 Å². The molecule has 1 fully saturated rings. The Balaban J connectivity index is 1.30. The van der Waals surface area contributed by atoms with E-state index in [-0.39, 0.29) is 17.7 Å². The molecule has 0 spiro atoms. The minimum absolute atomic E-state index is 0.0503. The molecule has 41 heavy (non-hydrogen) atoms. The molecule has 5 rings (SSSR count). The third-order valence-corrected chi connectivity index (χ3v) is 7.55. The van der Waals surface area contributed by atoms with E-state index in [1.165, 1.54) is 6.07 Å². The number of halogens is 2. The van der Waals surface area contributed by atoms with Crippen molar-refractivity contribution in [3.8, 4) is 5.88 Å². The maximum Gasteiger partial charge on any atom is 0.335 e. The summed E-state index contributed by atoms with van der Waals surface area (Å²) in [4.78, 5) is 25.7. The lowest BCUT2D eigenvalue weighted by molar-refractivity contribution is 0.0697. The van der Waals surface area contributed by atoms with E-state index in [1.807, 2.05) is 12.1 Å². The van der Waals surface area contributed by atoms with Gasteiger partial charge >= 0.3 is 5.97 Å². The van der Waals surface area contributed by atoms with Crippen molar-refractivity contribution < 1.29 is 23.8 Å². The summed E-state index contributed by atoms with van der Waals surface area (Å²) in [7, 11) is 1.65. The van der Waals surface area contributed by atoms with E-state index >= 15 is 0 Å². The molecule has 0 unspecified atom stereocenters. The van der Waals surface area contributed by atoms with Crippen LogP contribution >= 0.6 is 11.6 Å². The van der Waals surface area contributed by atoms with Crippen LogP contribution in [0.15, 0.2) is 54.6 Å². The number of carbonyl (C=O) groups is 1. The normalized spacial score (nSPS) is 15.4. The van der Waals surface area contributed by atoms with Crippen LogP contribution in [0.1, 0.15) is 35.6 Å². The van der Waals surface area contributed by atoms with Crippen LogP contribution in [0.4, 0.5) is 10.2 Å². The maximum atomic E-state index is 14.2. The second-order valence-corrected chi connectivity index (χ2v) is 11.2. The van der Waals surface area contributed by atoms with Crippen molar-refractivity contribution >= 4 is 34.4 Å². The molecule has 1 N–H and O–H groups in total. The van der Waals surface area contributed by atoms with Crippen LogP contribution < -0.4 is 9.64 Å². The zero-order valence-corrected chi connectivity index (χ0v) is 24.1. The molecule has 0 amide bonds. The van der Waals surface area contributed by atoms with E-state index in [1.54, 1.807) is 43.5 Å². The predicted octanol–water partition coefficient (Wildman–Crippen LogP) is 5.25. The first-order chi connectivity index (χ1) is 19.6. The molecule has 216 valence electrons. The highest BCUT2D eigenvalue weighted by Gasteiger charge is 2.35. The van der Waals surface area contributed by atoms with Crippen molar-refractivity contribution in [2.24, 2.45) is 0 Å². The van der Waals surface area contributed by atoms with Crippen LogP contribution in [0.5, 0.6) is 5.88 Å². The summed E-state index contributed by atoms with van der Waals surface area (Å²) in [5, 5.41) is 9.82. The van der Waals surface area contributed by atoms with Gasteiger partial charge in [-0.1, -0.05) is 23.7 Å². The van der Waals surface area contributed by atoms with Gasteiger partial charge in [-0.05, 0) is 50.2 Å². The molecule has 0 radical (unpaired) electrons. The minimum Gasteiger partial charge on any atom is -0.478 e. The fraction of sp³-hybridized carbons (Fsp3) is 0.367. The van der Waals surface area contributed by atoms with Crippen molar-refractivity contribution in [1.29, 1.82) is 0 Å². The number of piperazine rings is 1. The standard InChI is InChI=1S/C30H33ClFN5O4/c1-30(2)19-35(17-27-33-24-10-8-20(29(38)39)15-25(24)36(27)13-14-40-3)11-12-37(30)26-5-4-6-28(34-26)41-18-21-7-9-22(31)16-23(21)32/h4-10,15-16H,11-14,17-19H2,1-3H3,(H,38,39). The summed E-state index contributed by atoms with van der Waals surface area (Å²) in [6.45, 7) is 8.33. The van der Waals surface area contributed by atoms with E-state index in [0.29, 0.717) is 36.2 Å². The minimum atomic E-state index is -0.967. The van der Waals surface area contributed by atoms with Crippen molar-refractivity contribution in [2.45, 2.75) is 39.1 Å². The molecule has 11 heteroatoms. The van der Waals surface area contributed by atoms with Gasteiger partial charge in [0.1, 0.15) is 24.1 Å². The fourth-order valence-electron chi connectivity index (χ4n) is 5.30. The Hall–Kier alpha value is -3.73. The second-order valence-electron chi connectivity index (χ2n) is 10.7. The number of imidazole rings is 1. The molecule has 1 aliphatic rings. The largest absolute Gasteiger partial charge is 0.478 e. The number of pyridine rings is 1. The van der Waals surface area contributed by atoms with E-state index in [9.17, 15) is 14.3 Å². The van der Waals surface area contributed by atoms with Gasteiger partial charge in [-0.15, -0.1) is 0 Å². The molecule has 1 aliphatic heterocycles. The van der Waals surface area contributed by atoms with Gasteiger partial charge in [-0.2, -0.15) is 4.98 Å². The first kappa shape index (κ1) is 28.8. The molecular weight excluding hydrogens is 549 g/mol. The maximum absolute atomic E-state index is 14.2. The molecule has 2 aromatic heterocycles. The van der Waals surface area contributed by atoms with Crippen LogP contribution in [-0.2, 0) is 24.4 Å². The Morgan fingerprint density at radius 2 is 1.95 bits per heavy atom. The Labute approximate surface area is 243 Å². The first-order valence-electron chi connectivity index (χ1n) is 13.4. The van der Waals surface area contributed by atoms with E-state index in [0.717, 1.165) is 42.3 Å². The number of ether oxygens (including phenoxy) is 2. The zero-order valence-electron chi connectivity index (χ0n) is 23.3. The average molecular weight is 582 g/mol. The summed E-state index contributed by atoms with van der Waals surface area (Å²) in [6.07, 6.45) is 0. The molecule has 9 nitrogen and oxygen atoms in total. The lowest BCUT2D eigenvalue weighted by Crippen LogP contribution is -2.59. The zero-order chi connectivity index (χ0) is 29.1. The van der Waals surface area contributed by atoms with Crippen LogP contribution in [0.2, 0.25) is 5.02 Å². The number of aromatic carboxylic acids is 1. The van der Waals surface area contributed by atoms with Crippen molar-refractivity contribution in [2.75, 3.05) is 38.3 Å². The SMILES string of the molecule is COCCn1c(CN2CCN(c3cccc(OCc4ccc(Cl)cc4F)n3)C(C)(C)C2)nc2ccc(C(=O)O)cc21. The lowest BCUT2D eigenvalue weighted by atomic mass is 9.98. The number of anilines is 1. The van der Waals surface area contributed by atoms with Gasteiger partial charge in [0.25, 0.3) is 0 Å². The van der Waals surface area contributed by atoms with Gasteiger partial charge in [-0.25, -0.2) is 14.2 Å². The molecule has 1 saturated heterocycles. The van der Waals surface area contributed by atoms with Gasteiger partial charge in [-0.3, -0.25) is 4.90 Å². The van der Waals surface area contributed by atoms with Gasteiger partial charge in [0.15, 0.2) is 0 Å². The number of fused-ring (bicyclic) bond motifs is 1. The highest BCUT2D eigenvalue weighted by Crippen LogP contribution is 2.29. The number of carboxylic acids is 1. The number of aromatic nitrogens is 3. The predicted molar refractivity (Wildman–Crippen MR) is 155 cm³/mol. The van der Waals surface area contributed by atoms with Crippen LogP contribution in [0.25, 0.3) is 11.0 Å². The molecule has 0 aliphatic carbocycles. The number of hydrogen-bond acceptors (Lipinski definition) is 7. The number of benzene rings is 2. The molecular formula is C30H33ClFN5O4. The lowest BCUT2D eigenvalue weighted by Gasteiger charge is -2.47. The Morgan fingerprint density at radius 1 is 1.12 bits per heavy atom. The fourth-order valence-corrected chi connectivity index (χ4v) is 5.46. The van der Waals surface area contributed by atoms with E-state index < -0.39 is 11.8 Å². The van der Waals surface area contributed by atoms with Crippen molar-refractivity contribution in [3.05, 3.63) is 82.4 Å². The van der Waals surface area contributed by atoms with E-state index in [2.05, 4.69) is 28.2 Å². The van der Waals surface area contributed by atoms with Gasteiger partial charge < -0.3 is 24.0 Å². The molecule has 0 saturated carbocycles.